The van der Waals surface area contributed by atoms with E-state index in [4.69, 9.17) is 4.74 Å². The first-order valence-electron chi connectivity index (χ1n) is 9.10. The van der Waals surface area contributed by atoms with E-state index in [0.717, 1.165) is 0 Å². The highest BCUT2D eigenvalue weighted by atomic mass is 16.5. The average Bonchev–Trinajstić information content (AvgIpc) is 2.69. The normalized spacial score (nSPS) is 19.3. The fourth-order valence-electron chi connectivity index (χ4n) is 3.37. The molecule has 27 heavy (non-hydrogen) atoms. The molecule has 0 spiro atoms. The van der Waals surface area contributed by atoms with Crippen molar-refractivity contribution in [1.82, 2.24) is 5.32 Å². The number of hydrogen-bond donors (Lipinski definition) is 2. The number of hydrazone groups is 1. The zero-order valence-corrected chi connectivity index (χ0v) is 15.0. The number of benzene rings is 1. The Morgan fingerprint density at radius 1 is 1.22 bits per heavy atom. The third kappa shape index (κ3) is 4.71. The summed E-state index contributed by atoms with van der Waals surface area (Å²) in [5, 5.41) is 17.6. The van der Waals surface area contributed by atoms with Gasteiger partial charge in [0.05, 0.1) is 11.6 Å². The summed E-state index contributed by atoms with van der Waals surface area (Å²) in [7, 11) is 0. The van der Waals surface area contributed by atoms with E-state index in [2.05, 4.69) is 10.4 Å². The Balaban J connectivity index is 1.65. The fourth-order valence-corrected chi connectivity index (χ4v) is 3.37. The maximum atomic E-state index is 12.5. The number of carboxylic acid groups (broad SMARTS) is 1. The Morgan fingerprint density at radius 2 is 1.93 bits per heavy atom. The van der Waals surface area contributed by atoms with Crippen LogP contribution in [0.3, 0.4) is 0 Å². The van der Waals surface area contributed by atoms with Gasteiger partial charge in [-0.2, -0.15) is 5.10 Å². The number of carbonyl (C=O) groups excluding carboxylic acids is 2. The molecule has 1 saturated heterocycles. The molecule has 0 aromatic heterocycles. The molecule has 2 heterocycles. The molecule has 1 atom stereocenters. The minimum Gasteiger partial charge on any atom is -0.481 e. The zero-order chi connectivity index (χ0) is 19.2. The van der Waals surface area contributed by atoms with Crippen molar-refractivity contribution in [2.75, 3.05) is 24.8 Å². The maximum Gasteiger partial charge on any atom is 0.308 e. The first-order chi connectivity index (χ1) is 13.1. The van der Waals surface area contributed by atoms with Crippen LogP contribution in [-0.4, -0.2) is 48.4 Å². The van der Waals surface area contributed by atoms with E-state index >= 15 is 0 Å². The molecular weight excluding hydrogens is 350 g/mol. The van der Waals surface area contributed by atoms with E-state index in [1.807, 2.05) is 6.07 Å². The van der Waals surface area contributed by atoms with Gasteiger partial charge in [0.2, 0.25) is 5.91 Å². The molecule has 0 aliphatic carbocycles. The van der Waals surface area contributed by atoms with E-state index < -0.39 is 17.8 Å². The monoisotopic (exact) mass is 373 g/mol. The van der Waals surface area contributed by atoms with Crippen LogP contribution in [0.1, 0.15) is 25.7 Å². The largest absolute Gasteiger partial charge is 0.481 e. The summed E-state index contributed by atoms with van der Waals surface area (Å²) in [6, 6.07) is 8.90. The van der Waals surface area contributed by atoms with Gasteiger partial charge in [-0.1, -0.05) is 18.2 Å². The standard InChI is InChI=1S/C19H23N3O5/c23-17-7-6-16(21-22(17)14-4-2-1-3-5-14)18(24)20-12-15(19(25)26)13-8-10-27-11-9-13/h1-5,13,15H,6-12H2,(H,20,24)(H,25,26). The number of nitrogens with one attached hydrogen (secondary N) is 1. The SMILES string of the molecule is O=C(NCC(C(=O)O)C1CCOCC1)C1=NN(c2ccccc2)C(=O)CC1. The van der Waals surface area contributed by atoms with Crippen molar-refractivity contribution in [2.45, 2.75) is 25.7 Å². The fraction of sp³-hybridized carbons (Fsp3) is 0.474. The predicted octanol–water partition coefficient (Wildman–Crippen LogP) is 1.41. The molecule has 2 amide bonds. The van der Waals surface area contributed by atoms with Crippen LogP contribution < -0.4 is 10.3 Å². The zero-order valence-electron chi connectivity index (χ0n) is 15.0. The second-order valence-corrected chi connectivity index (χ2v) is 6.69. The summed E-state index contributed by atoms with van der Waals surface area (Å²) >= 11 is 0. The van der Waals surface area contributed by atoms with Gasteiger partial charge in [0.25, 0.3) is 5.91 Å². The second-order valence-electron chi connectivity index (χ2n) is 6.69. The minimum absolute atomic E-state index is 0.0211. The Morgan fingerprint density at radius 3 is 2.59 bits per heavy atom. The van der Waals surface area contributed by atoms with Crippen molar-refractivity contribution in [3.63, 3.8) is 0 Å². The molecule has 144 valence electrons. The average molecular weight is 373 g/mol. The lowest BCUT2D eigenvalue weighted by Crippen LogP contribution is -2.43. The Kier molecular flexibility index (Phi) is 6.18. The molecule has 1 fully saturated rings. The molecule has 8 nitrogen and oxygen atoms in total. The molecule has 0 bridgehead atoms. The topological polar surface area (TPSA) is 108 Å². The van der Waals surface area contributed by atoms with Crippen molar-refractivity contribution in [1.29, 1.82) is 0 Å². The van der Waals surface area contributed by atoms with Gasteiger partial charge in [0, 0.05) is 32.6 Å². The summed E-state index contributed by atoms with van der Waals surface area (Å²) in [5.41, 5.74) is 0.827. The molecule has 1 unspecified atom stereocenters. The molecule has 8 heteroatoms. The molecule has 2 N–H and O–H groups in total. The van der Waals surface area contributed by atoms with E-state index in [-0.39, 0.29) is 36.9 Å². The number of carboxylic acids is 1. The van der Waals surface area contributed by atoms with Gasteiger partial charge in [0.1, 0.15) is 5.71 Å². The number of nitrogens with zero attached hydrogens (tertiary/aromatic N) is 2. The number of amides is 2. The Labute approximate surface area is 157 Å². The van der Waals surface area contributed by atoms with Gasteiger partial charge in [0.15, 0.2) is 0 Å². The van der Waals surface area contributed by atoms with Gasteiger partial charge in [-0.05, 0) is 30.9 Å². The molecular formula is C19H23N3O5. The van der Waals surface area contributed by atoms with Crippen LogP contribution in [0.4, 0.5) is 5.69 Å². The highest BCUT2D eigenvalue weighted by Crippen LogP contribution is 2.24. The van der Waals surface area contributed by atoms with Crippen molar-refractivity contribution in [3.05, 3.63) is 30.3 Å². The third-order valence-electron chi connectivity index (χ3n) is 4.93. The van der Waals surface area contributed by atoms with Crippen LogP contribution >= 0.6 is 0 Å². The summed E-state index contributed by atoms with van der Waals surface area (Å²) in [5.74, 6) is -2.21. The van der Waals surface area contributed by atoms with Crippen molar-refractivity contribution in [3.8, 4) is 0 Å². The van der Waals surface area contributed by atoms with Crippen LogP contribution in [0.25, 0.3) is 0 Å². The Hall–Kier alpha value is -2.74. The molecule has 1 aromatic rings. The molecule has 2 aliphatic heterocycles. The minimum atomic E-state index is -0.922. The van der Waals surface area contributed by atoms with Crippen molar-refractivity contribution >= 4 is 29.2 Å². The van der Waals surface area contributed by atoms with Gasteiger partial charge >= 0.3 is 5.97 Å². The molecule has 1 aromatic carbocycles. The van der Waals surface area contributed by atoms with Crippen LogP contribution in [0.2, 0.25) is 0 Å². The number of para-hydroxylation sites is 1. The molecule has 0 saturated carbocycles. The van der Waals surface area contributed by atoms with E-state index in [1.54, 1.807) is 24.3 Å². The van der Waals surface area contributed by atoms with Crippen molar-refractivity contribution in [2.24, 2.45) is 16.9 Å². The molecule has 3 rings (SSSR count). The lowest BCUT2D eigenvalue weighted by molar-refractivity contribution is -0.144. The Bertz CT molecular complexity index is 728. The van der Waals surface area contributed by atoms with E-state index in [0.29, 0.717) is 31.7 Å². The predicted molar refractivity (Wildman–Crippen MR) is 98.3 cm³/mol. The van der Waals surface area contributed by atoms with E-state index in [9.17, 15) is 19.5 Å². The second kappa shape index (κ2) is 8.77. The van der Waals surface area contributed by atoms with Gasteiger partial charge in [-0.15, -0.1) is 0 Å². The van der Waals surface area contributed by atoms with Gasteiger partial charge in [-0.25, -0.2) is 5.01 Å². The maximum absolute atomic E-state index is 12.5. The summed E-state index contributed by atoms with van der Waals surface area (Å²) in [6.45, 7) is 1.13. The van der Waals surface area contributed by atoms with Crippen molar-refractivity contribution < 1.29 is 24.2 Å². The summed E-state index contributed by atoms with van der Waals surface area (Å²) in [6.07, 6.45) is 1.76. The molecule has 0 radical (unpaired) electrons. The third-order valence-corrected chi connectivity index (χ3v) is 4.93. The smallest absolute Gasteiger partial charge is 0.308 e. The number of hydrogen-bond acceptors (Lipinski definition) is 5. The number of aliphatic carboxylic acids is 1. The van der Waals surface area contributed by atoms with Crippen LogP contribution in [-0.2, 0) is 19.1 Å². The number of ether oxygens (including phenoxy) is 1. The lowest BCUT2D eigenvalue weighted by Gasteiger charge is -2.28. The highest BCUT2D eigenvalue weighted by Gasteiger charge is 2.31. The first kappa shape index (κ1) is 19.0. The number of anilines is 1. The van der Waals surface area contributed by atoms with Gasteiger partial charge in [-0.3, -0.25) is 14.4 Å². The van der Waals surface area contributed by atoms with Crippen LogP contribution in [0, 0.1) is 11.8 Å². The first-order valence-corrected chi connectivity index (χ1v) is 9.10. The number of rotatable bonds is 6. The summed E-state index contributed by atoms with van der Waals surface area (Å²) in [4.78, 5) is 36.2. The highest BCUT2D eigenvalue weighted by molar-refractivity contribution is 6.40. The summed E-state index contributed by atoms with van der Waals surface area (Å²) < 4.78 is 5.28. The molecule has 2 aliphatic rings. The quantitative estimate of drug-likeness (QED) is 0.784. The van der Waals surface area contributed by atoms with Crippen LogP contribution in [0.15, 0.2) is 35.4 Å². The van der Waals surface area contributed by atoms with Gasteiger partial charge < -0.3 is 15.2 Å². The number of carbonyl (C=O) groups is 3. The van der Waals surface area contributed by atoms with Crippen LogP contribution in [0.5, 0.6) is 0 Å². The lowest BCUT2D eigenvalue weighted by atomic mass is 9.86. The van der Waals surface area contributed by atoms with E-state index in [1.165, 1.54) is 5.01 Å².